The molecule has 0 aromatic heterocycles. The molecular weight excluding hydrogens is 254 g/mol. The molecule has 108 valence electrons. The Hall–Kier alpha value is -0.670. The summed E-state index contributed by atoms with van der Waals surface area (Å²) >= 11 is 4.26. The van der Waals surface area contributed by atoms with E-state index in [4.69, 9.17) is 4.74 Å². The van der Waals surface area contributed by atoms with Crippen LogP contribution >= 0.6 is 12.6 Å². The summed E-state index contributed by atoms with van der Waals surface area (Å²) in [5, 5.41) is 0. The van der Waals surface area contributed by atoms with Crippen LogP contribution in [0.25, 0.3) is 0 Å². The zero-order chi connectivity index (χ0) is 14.1. The quantitative estimate of drug-likeness (QED) is 0.409. The van der Waals surface area contributed by atoms with Crippen LogP contribution in [0.1, 0.15) is 33.6 Å². The predicted octanol–water partition coefficient (Wildman–Crippen LogP) is 4.01. The molecule has 0 bridgehead atoms. The highest BCUT2D eigenvalue weighted by Gasteiger charge is 2.19. The molecule has 0 atom stereocenters. The lowest BCUT2D eigenvalue weighted by atomic mass is 10.2. The first kappa shape index (κ1) is 16.4. The summed E-state index contributed by atoms with van der Waals surface area (Å²) in [6.07, 6.45) is 2.36. The molecular formula is C16H28NOS+. The normalized spacial score (nSPS) is 11.6. The van der Waals surface area contributed by atoms with Gasteiger partial charge < -0.3 is 9.22 Å². The van der Waals surface area contributed by atoms with Gasteiger partial charge in [-0.1, -0.05) is 0 Å². The lowest BCUT2D eigenvalue weighted by Crippen LogP contribution is -2.48. The van der Waals surface area contributed by atoms with Crippen molar-refractivity contribution in [1.29, 1.82) is 0 Å². The summed E-state index contributed by atoms with van der Waals surface area (Å²) in [5.41, 5.74) is 0. The van der Waals surface area contributed by atoms with Crippen LogP contribution in [-0.4, -0.2) is 37.3 Å². The number of quaternary nitrogens is 1. The predicted molar refractivity (Wildman–Crippen MR) is 85.2 cm³/mol. The number of hydrogen-bond acceptors (Lipinski definition) is 2. The molecule has 0 fully saturated rings. The van der Waals surface area contributed by atoms with Crippen LogP contribution < -0.4 is 4.74 Å². The van der Waals surface area contributed by atoms with Gasteiger partial charge in [-0.2, -0.15) is 0 Å². The minimum absolute atomic E-state index is 0.809. The Morgan fingerprint density at radius 1 is 0.947 bits per heavy atom. The van der Waals surface area contributed by atoms with Crippen molar-refractivity contribution in [3.63, 3.8) is 0 Å². The van der Waals surface area contributed by atoms with Gasteiger partial charge >= 0.3 is 0 Å². The minimum atomic E-state index is 0.809. The van der Waals surface area contributed by atoms with E-state index >= 15 is 0 Å². The second-order valence-electron chi connectivity index (χ2n) is 5.06. The van der Waals surface area contributed by atoms with Crippen molar-refractivity contribution in [1.82, 2.24) is 0 Å². The van der Waals surface area contributed by atoms with Gasteiger partial charge in [0.1, 0.15) is 5.75 Å². The van der Waals surface area contributed by atoms with Gasteiger partial charge in [0.25, 0.3) is 0 Å². The van der Waals surface area contributed by atoms with Crippen molar-refractivity contribution in [3.8, 4) is 5.75 Å². The van der Waals surface area contributed by atoms with Crippen LogP contribution in [0.15, 0.2) is 29.2 Å². The van der Waals surface area contributed by atoms with E-state index in [0.717, 1.165) is 23.7 Å². The molecule has 0 aliphatic rings. The van der Waals surface area contributed by atoms with Crippen LogP contribution in [0.5, 0.6) is 5.75 Å². The highest BCUT2D eigenvalue weighted by atomic mass is 32.1. The average molecular weight is 282 g/mol. The first-order valence-electron chi connectivity index (χ1n) is 7.42. The molecule has 0 spiro atoms. The highest BCUT2D eigenvalue weighted by Crippen LogP contribution is 2.15. The van der Waals surface area contributed by atoms with E-state index in [9.17, 15) is 0 Å². The topological polar surface area (TPSA) is 9.23 Å². The highest BCUT2D eigenvalue weighted by molar-refractivity contribution is 7.80. The second-order valence-corrected chi connectivity index (χ2v) is 5.58. The second kappa shape index (κ2) is 8.49. The van der Waals surface area contributed by atoms with Gasteiger partial charge in [-0.15, -0.1) is 12.6 Å². The Morgan fingerprint density at radius 2 is 1.53 bits per heavy atom. The van der Waals surface area contributed by atoms with E-state index in [0.29, 0.717) is 0 Å². The smallest absolute Gasteiger partial charge is 0.119 e. The zero-order valence-electron chi connectivity index (χ0n) is 12.6. The van der Waals surface area contributed by atoms with E-state index in [1.807, 2.05) is 24.3 Å². The number of nitrogens with zero attached hydrogens (tertiary/aromatic N) is 1. The van der Waals surface area contributed by atoms with Crippen molar-refractivity contribution < 1.29 is 9.22 Å². The molecule has 0 aliphatic carbocycles. The Labute approximate surface area is 123 Å². The van der Waals surface area contributed by atoms with E-state index in [1.165, 1.54) is 37.1 Å². The standard InChI is InChI=1S/C16H27NOS/c1-4-17(5-2,6-3)13-7-8-14-18-15-9-11-16(19)12-10-15/h9-12H,4-8,13-14H2,1-3H3/p+1. The molecule has 1 rings (SSSR count). The first-order chi connectivity index (χ1) is 9.15. The number of ether oxygens (including phenoxy) is 1. The molecule has 19 heavy (non-hydrogen) atoms. The SMILES string of the molecule is CC[N+](CC)(CC)CCCCOc1ccc(S)cc1. The van der Waals surface area contributed by atoms with Gasteiger partial charge in [0, 0.05) is 4.90 Å². The number of hydrogen-bond donors (Lipinski definition) is 1. The van der Waals surface area contributed by atoms with Gasteiger partial charge in [-0.3, -0.25) is 0 Å². The molecule has 2 nitrogen and oxygen atoms in total. The van der Waals surface area contributed by atoms with Crippen molar-refractivity contribution in [2.75, 3.05) is 32.8 Å². The van der Waals surface area contributed by atoms with E-state index in [-0.39, 0.29) is 0 Å². The van der Waals surface area contributed by atoms with Gasteiger partial charge in [-0.05, 0) is 57.9 Å². The number of unbranched alkanes of at least 4 members (excludes halogenated alkanes) is 1. The molecule has 0 amide bonds. The molecule has 1 aromatic rings. The molecule has 0 heterocycles. The maximum Gasteiger partial charge on any atom is 0.119 e. The van der Waals surface area contributed by atoms with Crippen LogP contribution in [0.3, 0.4) is 0 Å². The molecule has 0 saturated heterocycles. The number of thiol groups is 1. The fraction of sp³-hybridized carbons (Fsp3) is 0.625. The van der Waals surface area contributed by atoms with E-state index < -0.39 is 0 Å². The van der Waals surface area contributed by atoms with Crippen molar-refractivity contribution >= 4 is 12.6 Å². The summed E-state index contributed by atoms with van der Waals surface area (Å²) in [7, 11) is 0. The van der Waals surface area contributed by atoms with E-state index in [1.54, 1.807) is 0 Å². The van der Waals surface area contributed by atoms with Gasteiger partial charge in [-0.25, -0.2) is 0 Å². The summed E-state index contributed by atoms with van der Waals surface area (Å²) in [6, 6.07) is 7.89. The first-order valence-corrected chi connectivity index (χ1v) is 7.87. The third kappa shape index (κ3) is 5.45. The maximum atomic E-state index is 5.74. The molecule has 0 N–H and O–H groups in total. The lowest BCUT2D eigenvalue weighted by molar-refractivity contribution is -0.923. The number of benzene rings is 1. The Balaban J connectivity index is 2.22. The summed E-state index contributed by atoms with van der Waals surface area (Å²) < 4.78 is 6.97. The fourth-order valence-electron chi connectivity index (χ4n) is 2.43. The molecule has 0 saturated carbocycles. The summed E-state index contributed by atoms with van der Waals surface area (Å²) in [4.78, 5) is 0.975. The zero-order valence-corrected chi connectivity index (χ0v) is 13.5. The summed E-state index contributed by atoms with van der Waals surface area (Å²) in [5.74, 6) is 0.944. The lowest BCUT2D eigenvalue weighted by Gasteiger charge is -2.35. The molecule has 0 aliphatic heterocycles. The number of rotatable bonds is 9. The van der Waals surface area contributed by atoms with Crippen LogP contribution in [0.4, 0.5) is 0 Å². The van der Waals surface area contributed by atoms with Crippen molar-refractivity contribution in [2.45, 2.75) is 38.5 Å². The average Bonchev–Trinajstić information content (AvgIpc) is 2.45. The largest absolute Gasteiger partial charge is 0.494 e. The Kier molecular flexibility index (Phi) is 7.32. The van der Waals surface area contributed by atoms with Gasteiger partial charge in [0.2, 0.25) is 0 Å². The Morgan fingerprint density at radius 3 is 2.05 bits per heavy atom. The third-order valence-corrected chi connectivity index (χ3v) is 4.44. The van der Waals surface area contributed by atoms with Gasteiger partial charge in [0.15, 0.2) is 0 Å². The fourth-order valence-corrected chi connectivity index (χ4v) is 2.58. The Bertz CT molecular complexity index is 338. The van der Waals surface area contributed by atoms with Crippen molar-refractivity contribution in [3.05, 3.63) is 24.3 Å². The maximum absolute atomic E-state index is 5.74. The van der Waals surface area contributed by atoms with Crippen LogP contribution in [0.2, 0.25) is 0 Å². The molecule has 0 radical (unpaired) electrons. The van der Waals surface area contributed by atoms with Gasteiger partial charge in [0.05, 0.1) is 32.8 Å². The van der Waals surface area contributed by atoms with Crippen LogP contribution in [-0.2, 0) is 0 Å². The minimum Gasteiger partial charge on any atom is -0.494 e. The monoisotopic (exact) mass is 282 g/mol. The molecule has 0 unspecified atom stereocenters. The summed E-state index contributed by atoms with van der Waals surface area (Å²) in [6.45, 7) is 12.7. The van der Waals surface area contributed by atoms with E-state index in [2.05, 4.69) is 33.4 Å². The molecule has 3 heteroatoms. The van der Waals surface area contributed by atoms with Crippen LogP contribution in [0, 0.1) is 0 Å². The van der Waals surface area contributed by atoms with Crippen molar-refractivity contribution in [2.24, 2.45) is 0 Å². The molecule has 1 aromatic carbocycles. The third-order valence-electron chi connectivity index (χ3n) is 4.14.